The lowest BCUT2D eigenvalue weighted by Crippen LogP contribution is -2.29. The maximum absolute atomic E-state index is 12.8. The predicted molar refractivity (Wildman–Crippen MR) is 103 cm³/mol. The molecule has 0 saturated heterocycles. The van der Waals surface area contributed by atoms with Gasteiger partial charge in [-0.3, -0.25) is 9.59 Å². The summed E-state index contributed by atoms with van der Waals surface area (Å²) in [6.45, 7) is 0. The Morgan fingerprint density at radius 3 is 2.63 bits per heavy atom. The van der Waals surface area contributed by atoms with Crippen molar-refractivity contribution in [2.75, 3.05) is 17.3 Å². The largest absolute Gasteiger partial charge is 0.423 e. The Kier molecular flexibility index (Phi) is 4.24. The van der Waals surface area contributed by atoms with Gasteiger partial charge in [-0.2, -0.15) is 0 Å². The van der Waals surface area contributed by atoms with Gasteiger partial charge in [-0.15, -0.1) is 0 Å². The van der Waals surface area contributed by atoms with Crippen LogP contribution in [0.5, 0.6) is 0 Å². The van der Waals surface area contributed by atoms with E-state index in [0.717, 1.165) is 12.8 Å². The Morgan fingerprint density at radius 1 is 1.07 bits per heavy atom. The molecule has 2 amide bonds. The molecule has 3 aromatic rings. The van der Waals surface area contributed by atoms with Gasteiger partial charge in [-0.05, 0) is 49.2 Å². The highest BCUT2D eigenvalue weighted by Gasteiger charge is 2.33. The van der Waals surface area contributed by atoms with Crippen molar-refractivity contribution in [2.24, 2.45) is 5.92 Å². The van der Waals surface area contributed by atoms with Crippen LogP contribution in [-0.4, -0.2) is 18.9 Å². The number of para-hydroxylation sites is 1. The number of nitrogens with zero attached hydrogens (tertiary/aromatic N) is 1. The first-order valence-electron chi connectivity index (χ1n) is 8.75. The Hall–Kier alpha value is -3.41. The minimum atomic E-state index is -0.420. The molecule has 1 N–H and O–H groups in total. The molecular weight excluding hydrogens is 344 g/mol. The van der Waals surface area contributed by atoms with E-state index >= 15 is 0 Å². The zero-order valence-corrected chi connectivity index (χ0v) is 14.8. The number of anilines is 2. The molecule has 6 heteroatoms. The van der Waals surface area contributed by atoms with Gasteiger partial charge in [0.25, 0.3) is 5.91 Å². The number of carbonyl (C=O) groups excluding carboxylic acids is 2. The van der Waals surface area contributed by atoms with Crippen LogP contribution in [0.1, 0.15) is 23.2 Å². The highest BCUT2D eigenvalue weighted by atomic mass is 16.4. The topological polar surface area (TPSA) is 79.6 Å². The molecule has 1 fully saturated rings. The smallest absolute Gasteiger partial charge is 0.336 e. The number of carbonyl (C=O) groups is 2. The van der Waals surface area contributed by atoms with E-state index in [9.17, 15) is 14.4 Å². The zero-order chi connectivity index (χ0) is 19.0. The van der Waals surface area contributed by atoms with Crippen molar-refractivity contribution in [1.82, 2.24) is 0 Å². The highest BCUT2D eigenvalue weighted by molar-refractivity contribution is 6.11. The van der Waals surface area contributed by atoms with Gasteiger partial charge >= 0.3 is 5.63 Å². The number of nitrogens with one attached hydrogen (secondary N) is 1. The second-order valence-corrected chi connectivity index (χ2v) is 6.65. The van der Waals surface area contributed by atoms with Gasteiger partial charge in [0.1, 0.15) is 5.58 Å². The molecule has 0 bridgehead atoms. The van der Waals surface area contributed by atoms with E-state index in [-0.39, 0.29) is 17.7 Å². The van der Waals surface area contributed by atoms with Crippen molar-refractivity contribution < 1.29 is 14.0 Å². The van der Waals surface area contributed by atoms with Crippen molar-refractivity contribution in [3.63, 3.8) is 0 Å². The van der Waals surface area contributed by atoms with E-state index in [2.05, 4.69) is 5.32 Å². The highest BCUT2D eigenvalue weighted by Crippen LogP contribution is 2.33. The summed E-state index contributed by atoms with van der Waals surface area (Å²) in [5.41, 5.74) is 1.62. The van der Waals surface area contributed by atoms with Gasteiger partial charge in [0, 0.05) is 30.1 Å². The van der Waals surface area contributed by atoms with Crippen LogP contribution in [0.25, 0.3) is 11.0 Å². The van der Waals surface area contributed by atoms with Gasteiger partial charge in [0.2, 0.25) is 5.91 Å². The van der Waals surface area contributed by atoms with Crippen LogP contribution in [0.2, 0.25) is 0 Å². The van der Waals surface area contributed by atoms with E-state index in [0.29, 0.717) is 27.9 Å². The summed E-state index contributed by atoms with van der Waals surface area (Å²) in [4.78, 5) is 38.0. The summed E-state index contributed by atoms with van der Waals surface area (Å²) >= 11 is 0. The summed E-state index contributed by atoms with van der Waals surface area (Å²) in [6, 6.07) is 15.1. The molecule has 0 spiro atoms. The molecule has 0 aliphatic heterocycles. The summed E-state index contributed by atoms with van der Waals surface area (Å²) in [5, 5.41) is 3.56. The fourth-order valence-electron chi connectivity index (χ4n) is 3.03. The van der Waals surface area contributed by atoms with Crippen molar-refractivity contribution in [1.29, 1.82) is 0 Å². The number of hydrogen-bond donors (Lipinski definition) is 1. The summed E-state index contributed by atoms with van der Waals surface area (Å²) in [6.07, 6.45) is 1.81. The fourth-order valence-corrected chi connectivity index (χ4v) is 3.03. The van der Waals surface area contributed by atoms with Gasteiger partial charge < -0.3 is 14.6 Å². The molecule has 27 heavy (non-hydrogen) atoms. The molecule has 1 heterocycles. The van der Waals surface area contributed by atoms with E-state index < -0.39 is 5.63 Å². The number of amides is 2. The van der Waals surface area contributed by atoms with E-state index in [1.807, 2.05) is 0 Å². The maximum Gasteiger partial charge on any atom is 0.336 e. The monoisotopic (exact) mass is 362 g/mol. The number of benzene rings is 2. The Bertz CT molecular complexity index is 1100. The molecule has 1 saturated carbocycles. The first-order valence-corrected chi connectivity index (χ1v) is 8.75. The fraction of sp³-hybridized carbons (Fsp3) is 0.190. The first-order chi connectivity index (χ1) is 13.0. The molecule has 136 valence electrons. The Balaban J connectivity index is 1.61. The van der Waals surface area contributed by atoms with Crippen LogP contribution in [0, 0.1) is 5.92 Å². The third-order valence-electron chi connectivity index (χ3n) is 4.64. The van der Waals surface area contributed by atoms with Crippen LogP contribution >= 0.6 is 0 Å². The number of rotatable bonds is 4. The quantitative estimate of drug-likeness (QED) is 0.721. The van der Waals surface area contributed by atoms with Gasteiger partial charge in [-0.1, -0.05) is 12.1 Å². The standard InChI is InChI=1S/C21H18N2O4/c1-23(21(26)13-6-7-13)17-5-3-2-4-16(17)20(25)22-15-9-10-18-14(12-15)8-11-19(24)27-18/h2-5,8-13H,6-7H2,1H3,(H,22,25). The molecule has 0 atom stereocenters. The number of fused-ring (bicyclic) bond motifs is 1. The van der Waals surface area contributed by atoms with Gasteiger partial charge in [0.15, 0.2) is 0 Å². The lowest BCUT2D eigenvalue weighted by atomic mass is 10.1. The van der Waals surface area contributed by atoms with E-state index in [1.165, 1.54) is 6.07 Å². The van der Waals surface area contributed by atoms with Gasteiger partial charge in [0.05, 0.1) is 11.3 Å². The molecular formula is C21H18N2O4. The maximum atomic E-state index is 12.8. The molecule has 6 nitrogen and oxygen atoms in total. The summed E-state index contributed by atoms with van der Waals surface area (Å²) < 4.78 is 5.10. The van der Waals surface area contributed by atoms with Crippen LogP contribution in [-0.2, 0) is 4.79 Å². The van der Waals surface area contributed by atoms with Crippen LogP contribution in [0.3, 0.4) is 0 Å². The molecule has 0 unspecified atom stereocenters. The zero-order valence-electron chi connectivity index (χ0n) is 14.8. The lowest BCUT2D eigenvalue weighted by molar-refractivity contribution is -0.119. The minimum absolute atomic E-state index is 0.0379. The van der Waals surface area contributed by atoms with Crippen molar-refractivity contribution in [3.05, 3.63) is 70.6 Å². The van der Waals surface area contributed by atoms with Crippen molar-refractivity contribution >= 4 is 34.2 Å². The van der Waals surface area contributed by atoms with Crippen LogP contribution < -0.4 is 15.8 Å². The van der Waals surface area contributed by atoms with Crippen LogP contribution in [0.4, 0.5) is 11.4 Å². The van der Waals surface area contributed by atoms with E-state index in [1.54, 1.807) is 60.5 Å². The first kappa shape index (κ1) is 17.0. The second-order valence-electron chi connectivity index (χ2n) is 6.65. The van der Waals surface area contributed by atoms with E-state index in [4.69, 9.17) is 4.42 Å². The normalized spacial score (nSPS) is 13.4. The molecule has 1 aliphatic rings. The SMILES string of the molecule is CN(C(=O)C1CC1)c1ccccc1C(=O)Nc1ccc2oc(=O)ccc2c1. The van der Waals surface area contributed by atoms with Crippen molar-refractivity contribution in [3.8, 4) is 0 Å². The molecule has 0 radical (unpaired) electrons. The molecule has 1 aromatic heterocycles. The number of hydrogen-bond acceptors (Lipinski definition) is 4. The van der Waals surface area contributed by atoms with Crippen LogP contribution in [0.15, 0.2) is 63.8 Å². The molecule has 2 aromatic carbocycles. The molecule has 4 rings (SSSR count). The minimum Gasteiger partial charge on any atom is -0.423 e. The molecule has 1 aliphatic carbocycles. The van der Waals surface area contributed by atoms with Gasteiger partial charge in [-0.25, -0.2) is 4.79 Å². The predicted octanol–water partition coefficient (Wildman–Crippen LogP) is 3.42. The average molecular weight is 362 g/mol. The average Bonchev–Trinajstić information content (AvgIpc) is 3.52. The second kappa shape index (κ2) is 6.72. The van der Waals surface area contributed by atoms with Crippen molar-refractivity contribution in [2.45, 2.75) is 12.8 Å². The third-order valence-corrected chi connectivity index (χ3v) is 4.64. The Labute approximate surface area is 155 Å². The summed E-state index contributed by atoms with van der Waals surface area (Å²) in [5.74, 6) is -0.199. The lowest BCUT2D eigenvalue weighted by Gasteiger charge is -2.20. The summed E-state index contributed by atoms with van der Waals surface area (Å²) in [7, 11) is 1.70. The third kappa shape index (κ3) is 3.46. The Morgan fingerprint density at radius 2 is 1.85 bits per heavy atom.